The van der Waals surface area contributed by atoms with Gasteiger partial charge in [0.15, 0.2) is 0 Å². The van der Waals surface area contributed by atoms with Gasteiger partial charge in [0.05, 0.1) is 15.9 Å². The van der Waals surface area contributed by atoms with E-state index in [4.69, 9.17) is 0 Å². The van der Waals surface area contributed by atoms with Gasteiger partial charge in [-0.2, -0.15) is 5.10 Å². The Morgan fingerprint density at radius 2 is 2.17 bits per heavy atom. The van der Waals surface area contributed by atoms with Crippen molar-refractivity contribution in [3.8, 4) is 0 Å². The van der Waals surface area contributed by atoms with Crippen LogP contribution in [0.15, 0.2) is 45.8 Å². The van der Waals surface area contributed by atoms with E-state index in [0.717, 1.165) is 0 Å². The summed E-state index contributed by atoms with van der Waals surface area (Å²) < 4.78 is 1.65. The van der Waals surface area contributed by atoms with Crippen LogP contribution in [0.25, 0.3) is 0 Å². The molecule has 1 aromatic carbocycles. The normalized spacial score (nSPS) is 10.3. The minimum atomic E-state index is -0.477. The van der Waals surface area contributed by atoms with E-state index in [0.29, 0.717) is 10.0 Å². The molecule has 92 valence electrons. The molecule has 18 heavy (non-hydrogen) atoms. The maximum Gasteiger partial charge on any atom is 0.283 e. The van der Waals surface area contributed by atoms with E-state index in [2.05, 4.69) is 21.0 Å². The van der Waals surface area contributed by atoms with Gasteiger partial charge in [0.25, 0.3) is 11.2 Å². The lowest BCUT2D eigenvalue weighted by Gasteiger charge is -2.04. The number of hydrogen-bond donors (Lipinski definition) is 0. The molecule has 0 fully saturated rings. The first kappa shape index (κ1) is 12.4. The largest absolute Gasteiger partial charge is 0.283 e. The van der Waals surface area contributed by atoms with Gasteiger partial charge in [-0.15, -0.1) is 0 Å². The number of halogens is 1. The number of rotatable bonds is 3. The number of nitro benzene ring substituents is 1. The Hall–Kier alpha value is -2.02. The van der Waals surface area contributed by atoms with Crippen molar-refractivity contribution in [1.82, 2.24) is 9.78 Å². The van der Waals surface area contributed by atoms with Crippen LogP contribution in [-0.4, -0.2) is 14.7 Å². The highest BCUT2D eigenvalue weighted by molar-refractivity contribution is 9.10. The van der Waals surface area contributed by atoms with Gasteiger partial charge in [0, 0.05) is 18.3 Å². The Morgan fingerprint density at radius 1 is 1.39 bits per heavy atom. The third kappa shape index (κ3) is 2.62. The van der Waals surface area contributed by atoms with Crippen LogP contribution in [0.2, 0.25) is 0 Å². The van der Waals surface area contributed by atoms with Gasteiger partial charge >= 0.3 is 0 Å². The van der Waals surface area contributed by atoms with Gasteiger partial charge in [0.2, 0.25) is 0 Å². The van der Waals surface area contributed by atoms with Crippen molar-refractivity contribution in [3.63, 3.8) is 0 Å². The Bertz CT molecular complexity index is 654. The monoisotopic (exact) mass is 309 g/mol. The predicted molar refractivity (Wildman–Crippen MR) is 68.4 cm³/mol. The van der Waals surface area contributed by atoms with Gasteiger partial charge in [0.1, 0.15) is 0 Å². The van der Waals surface area contributed by atoms with Gasteiger partial charge in [-0.25, -0.2) is 4.68 Å². The van der Waals surface area contributed by atoms with Crippen LogP contribution in [0.4, 0.5) is 5.69 Å². The molecule has 0 saturated heterocycles. The van der Waals surface area contributed by atoms with Crippen LogP contribution < -0.4 is 5.56 Å². The second-order valence-electron chi connectivity index (χ2n) is 3.56. The molecule has 0 unspecified atom stereocenters. The highest BCUT2D eigenvalue weighted by atomic mass is 79.9. The van der Waals surface area contributed by atoms with Crippen LogP contribution in [0.3, 0.4) is 0 Å². The number of nitro groups is 1. The van der Waals surface area contributed by atoms with Crippen molar-refractivity contribution < 1.29 is 4.92 Å². The van der Waals surface area contributed by atoms with E-state index in [1.54, 1.807) is 18.2 Å². The van der Waals surface area contributed by atoms with Crippen LogP contribution >= 0.6 is 15.9 Å². The number of nitrogens with zero attached hydrogens (tertiary/aromatic N) is 3. The quantitative estimate of drug-likeness (QED) is 0.641. The zero-order valence-corrected chi connectivity index (χ0v) is 10.7. The molecule has 0 N–H and O–H groups in total. The van der Waals surface area contributed by atoms with Crippen molar-refractivity contribution in [1.29, 1.82) is 0 Å². The van der Waals surface area contributed by atoms with E-state index in [1.165, 1.54) is 23.0 Å². The van der Waals surface area contributed by atoms with E-state index < -0.39 is 4.92 Å². The van der Waals surface area contributed by atoms with Crippen molar-refractivity contribution in [2.45, 2.75) is 6.54 Å². The van der Waals surface area contributed by atoms with E-state index in [1.807, 2.05) is 0 Å². The molecule has 2 aromatic rings. The predicted octanol–water partition coefficient (Wildman–Crippen LogP) is 1.96. The van der Waals surface area contributed by atoms with Gasteiger partial charge in [-0.05, 0) is 33.6 Å². The highest BCUT2D eigenvalue weighted by Crippen LogP contribution is 2.25. The fourth-order valence-electron chi connectivity index (χ4n) is 1.48. The highest BCUT2D eigenvalue weighted by Gasteiger charge is 2.12. The number of hydrogen-bond acceptors (Lipinski definition) is 4. The first-order valence-corrected chi connectivity index (χ1v) is 5.82. The van der Waals surface area contributed by atoms with Crippen LogP contribution in [0.1, 0.15) is 5.56 Å². The molecule has 0 radical (unpaired) electrons. The van der Waals surface area contributed by atoms with Gasteiger partial charge < -0.3 is 0 Å². The maximum atomic E-state index is 11.5. The summed E-state index contributed by atoms with van der Waals surface area (Å²) in [6, 6.07) is 7.65. The summed E-state index contributed by atoms with van der Waals surface area (Å²) in [5.74, 6) is 0. The van der Waals surface area contributed by atoms with Crippen molar-refractivity contribution in [2.24, 2.45) is 0 Å². The average molecular weight is 310 g/mol. The smallest absolute Gasteiger partial charge is 0.268 e. The molecule has 0 saturated carbocycles. The Kier molecular flexibility index (Phi) is 3.52. The zero-order chi connectivity index (χ0) is 13.1. The molecule has 0 aliphatic rings. The third-order valence-electron chi connectivity index (χ3n) is 2.32. The molecule has 2 rings (SSSR count). The SMILES string of the molecule is O=c1cccnn1Cc1ccc(Br)c([N+](=O)[O-])c1. The molecular weight excluding hydrogens is 302 g/mol. The number of aromatic nitrogens is 2. The summed E-state index contributed by atoms with van der Waals surface area (Å²) in [4.78, 5) is 21.8. The van der Waals surface area contributed by atoms with E-state index in [9.17, 15) is 14.9 Å². The van der Waals surface area contributed by atoms with E-state index >= 15 is 0 Å². The summed E-state index contributed by atoms with van der Waals surface area (Å²) >= 11 is 3.11. The first-order chi connectivity index (χ1) is 8.58. The fraction of sp³-hybridized carbons (Fsp3) is 0.0909. The third-order valence-corrected chi connectivity index (χ3v) is 3.00. The molecule has 0 aliphatic heterocycles. The Morgan fingerprint density at radius 3 is 2.83 bits per heavy atom. The molecule has 0 atom stereocenters. The lowest BCUT2D eigenvalue weighted by atomic mass is 10.2. The molecule has 1 heterocycles. The van der Waals surface area contributed by atoms with Crippen LogP contribution in [0, 0.1) is 10.1 Å². The van der Waals surface area contributed by atoms with Crippen molar-refractivity contribution in [3.05, 3.63) is 67.0 Å². The number of benzene rings is 1. The van der Waals surface area contributed by atoms with E-state index in [-0.39, 0.29) is 17.8 Å². The first-order valence-electron chi connectivity index (χ1n) is 5.03. The van der Waals surface area contributed by atoms with Gasteiger partial charge in [-0.3, -0.25) is 14.9 Å². The minimum Gasteiger partial charge on any atom is -0.268 e. The Labute approximate surface area is 110 Å². The molecule has 0 bridgehead atoms. The standard InChI is InChI=1S/C11H8BrN3O3/c12-9-4-3-8(6-10(9)15(17)18)7-14-11(16)2-1-5-13-14/h1-6H,7H2. The average Bonchev–Trinajstić information content (AvgIpc) is 2.34. The second kappa shape index (κ2) is 5.09. The van der Waals surface area contributed by atoms with Crippen LogP contribution in [0.5, 0.6) is 0 Å². The molecular formula is C11H8BrN3O3. The lowest BCUT2D eigenvalue weighted by Crippen LogP contribution is -2.21. The molecule has 7 heteroatoms. The maximum absolute atomic E-state index is 11.5. The summed E-state index contributed by atoms with van der Waals surface area (Å²) in [6.07, 6.45) is 1.49. The molecule has 0 spiro atoms. The van der Waals surface area contributed by atoms with Crippen molar-refractivity contribution in [2.75, 3.05) is 0 Å². The van der Waals surface area contributed by atoms with Gasteiger partial charge in [-0.1, -0.05) is 6.07 Å². The molecule has 1 aromatic heterocycles. The molecule has 0 aliphatic carbocycles. The lowest BCUT2D eigenvalue weighted by molar-refractivity contribution is -0.385. The summed E-state index contributed by atoms with van der Waals surface area (Å²) in [5.41, 5.74) is 0.366. The molecule has 6 nitrogen and oxygen atoms in total. The van der Waals surface area contributed by atoms with Crippen molar-refractivity contribution >= 4 is 21.6 Å². The minimum absolute atomic E-state index is 0.0310. The fourth-order valence-corrected chi connectivity index (χ4v) is 1.87. The second-order valence-corrected chi connectivity index (χ2v) is 4.42. The van der Waals surface area contributed by atoms with Crippen LogP contribution in [-0.2, 0) is 6.54 Å². The molecule has 0 amide bonds. The zero-order valence-electron chi connectivity index (χ0n) is 9.12. The Balaban J connectivity index is 2.36. The summed E-state index contributed by atoms with van der Waals surface area (Å²) in [6.45, 7) is 0.202. The summed E-state index contributed by atoms with van der Waals surface area (Å²) in [7, 11) is 0. The summed E-state index contributed by atoms with van der Waals surface area (Å²) in [5, 5.41) is 14.7. The topological polar surface area (TPSA) is 78.0 Å².